The second-order valence-electron chi connectivity index (χ2n) is 2.79. The van der Waals surface area contributed by atoms with Crippen LogP contribution in [-0.4, -0.2) is 16.0 Å². The highest BCUT2D eigenvalue weighted by molar-refractivity contribution is 9.09. The number of alkyl halides is 1. The van der Waals surface area contributed by atoms with Crippen LogP contribution in [0.3, 0.4) is 0 Å². The van der Waals surface area contributed by atoms with Gasteiger partial charge in [0, 0.05) is 23.4 Å². The summed E-state index contributed by atoms with van der Waals surface area (Å²) in [6.07, 6.45) is 0.341. The molecule has 1 aromatic rings. The molecule has 0 fully saturated rings. The van der Waals surface area contributed by atoms with E-state index >= 15 is 0 Å². The number of nitro groups is 1. The number of carbonyl (C=O) groups is 1. The zero-order valence-electron chi connectivity index (χ0n) is 7.57. The molecule has 0 aliphatic carbocycles. The van der Waals surface area contributed by atoms with Crippen LogP contribution >= 0.6 is 27.5 Å². The lowest BCUT2D eigenvalue weighted by Gasteiger charge is -2.00. The van der Waals surface area contributed by atoms with Gasteiger partial charge in [-0.15, -0.1) is 0 Å². The van der Waals surface area contributed by atoms with E-state index in [9.17, 15) is 14.9 Å². The third-order valence-electron chi connectivity index (χ3n) is 1.79. The van der Waals surface area contributed by atoms with Crippen LogP contribution in [0.15, 0.2) is 18.2 Å². The molecule has 0 aliphatic heterocycles. The number of nitro benzene ring substituents is 1. The van der Waals surface area contributed by atoms with Gasteiger partial charge in [0.2, 0.25) is 0 Å². The Morgan fingerprint density at radius 1 is 1.53 bits per heavy atom. The number of rotatable bonds is 4. The van der Waals surface area contributed by atoms with Gasteiger partial charge in [-0.2, -0.15) is 0 Å². The third kappa shape index (κ3) is 3.00. The number of nitrogens with zero attached hydrogens (tertiary/aromatic N) is 1. The number of halogens is 2. The zero-order chi connectivity index (χ0) is 11.4. The molecule has 80 valence electrons. The first-order valence-electron chi connectivity index (χ1n) is 4.09. The Balaban J connectivity index is 3.01. The number of hydrogen-bond donors (Lipinski definition) is 0. The second kappa shape index (κ2) is 5.23. The Hall–Kier alpha value is -0.940. The van der Waals surface area contributed by atoms with Crippen LogP contribution in [-0.2, 0) is 0 Å². The summed E-state index contributed by atoms with van der Waals surface area (Å²) in [4.78, 5) is 21.3. The molecule has 0 unspecified atom stereocenters. The van der Waals surface area contributed by atoms with Gasteiger partial charge < -0.3 is 0 Å². The first-order chi connectivity index (χ1) is 7.06. The highest BCUT2D eigenvalue weighted by atomic mass is 79.9. The minimum absolute atomic E-state index is 0.0135. The van der Waals surface area contributed by atoms with Gasteiger partial charge >= 0.3 is 0 Å². The van der Waals surface area contributed by atoms with Gasteiger partial charge in [0.15, 0.2) is 5.78 Å². The lowest BCUT2D eigenvalue weighted by atomic mass is 10.1. The summed E-state index contributed by atoms with van der Waals surface area (Å²) in [6, 6.07) is 3.98. The Labute approximate surface area is 99.5 Å². The zero-order valence-corrected chi connectivity index (χ0v) is 9.92. The molecular formula is C9H7BrClNO3. The smallest absolute Gasteiger partial charge is 0.287 e. The summed E-state index contributed by atoms with van der Waals surface area (Å²) < 4.78 is 0. The van der Waals surface area contributed by atoms with E-state index in [4.69, 9.17) is 11.6 Å². The predicted octanol–water partition coefficient (Wildman–Crippen LogP) is 3.22. The Kier molecular flexibility index (Phi) is 4.23. The second-order valence-corrected chi connectivity index (χ2v) is 3.99. The standard InChI is InChI=1S/C9H7BrClNO3/c10-4-3-9(13)6-1-2-8(12(14)15)7(11)5-6/h1-2,5H,3-4H2. The average molecular weight is 293 g/mol. The largest absolute Gasteiger partial charge is 0.294 e. The van der Waals surface area contributed by atoms with Gasteiger partial charge in [0.25, 0.3) is 5.69 Å². The number of ketones is 1. The van der Waals surface area contributed by atoms with Crippen molar-refractivity contribution < 1.29 is 9.72 Å². The summed E-state index contributed by atoms with van der Waals surface area (Å²) in [6.45, 7) is 0. The molecule has 0 heterocycles. The summed E-state index contributed by atoms with van der Waals surface area (Å²) in [5.41, 5.74) is 0.206. The van der Waals surface area contributed by atoms with E-state index in [0.717, 1.165) is 0 Å². The maximum absolute atomic E-state index is 11.4. The monoisotopic (exact) mass is 291 g/mol. The molecule has 6 heteroatoms. The lowest BCUT2D eigenvalue weighted by Crippen LogP contribution is -2.00. The highest BCUT2D eigenvalue weighted by Gasteiger charge is 2.14. The van der Waals surface area contributed by atoms with Gasteiger partial charge in [-0.3, -0.25) is 14.9 Å². The fourth-order valence-electron chi connectivity index (χ4n) is 1.06. The van der Waals surface area contributed by atoms with E-state index in [2.05, 4.69) is 15.9 Å². The van der Waals surface area contributed by atoms with Crippen LogP contribution in [0.4, 0.5) is 5.69 Å². The minimum atomic E-state index is -0.582. The molecule has 1 rings (SSSR count). The van der Waals surface area contributed by atoms with Gasteiger partial charge in [0.1, 0.15) is 5.02 Å². The van der Waals surface area contributed by atoms with Crippen molar-refractivity contribution >= 4 is 39.0 Å². The molecule has 0 atom stereocenters. The predicted molar refractivity (Wildman–Crippen MR) is 60.8 cm³/mol. The molecule has 0 N–H and O–H groups in total. The van der Waals surface area contributed by atoms with Crippen LogP contribution in [0.1, 0.15) is 16.8 Å². The van der Waals surface area contributed by atoms with Crippen LogP contribution in [0.2, 0.25) is 5.02 Å². The highest BCUT2D eigenvalue weighted by Crippen LogP contribution is 2.25. The molecule has 0 radical (unpaired) electrons. The fourth-order valence-corrected chi connectivity index (χ4v) is 1.67. The van der Waals surface area contributed by atoms with Crippen molar-refractivity contribution in [2.45, 2.75) is 6.42 Å². The molecule has 0 amide bonds. The van der Waals surface area contributed by atoms with Crippen LogP contribution in [0, 0.1) is 10.1 Å². The molecule has 15 heavy (non-hydrogen) atoms. The fraction of sp³-hybridized carbons (Fsp3) is 0.222. The maximum Gasteiger partial charge on any atom is 0.287 e. The number of carbonyl (C=O) groups excluding carboxylic acids is 1. The summed E-state index contributed by atoms with van der Waals surface area (Å²) in [5.74, 6) is -0.0938. The summed E-state index contributed by atoms with van der Waals surface area (Å²) in [7, 11) is 0. The molecule has 4 nitrogen and oxygen atoms in total. The molecule has 0 saturated carbocycles. The number of benzene rings is 1. The first-order valence-corrected chi connectivity index (χ1v) is 5.59. The lowest BCUT2D eigenvalue weighted by molar-refractivity contribution is -0.384. The van der Waals surface area contributed by atoms with Crippen molar-refractivity contribution in [1.29, 1.82) is 0 Å². The quantitative estimate of drug-likeness (QED) is 0.370. The van der Waals surface area contributed by atoms with Crippen LogP contribution in [0.25, 0.3) is 0 Å². The molecular weight excluding hydrogens is 285 g/mol. The van der Waals surface area contributed by atoms with Gasteiger partial charge in [-0.25, -0.2) is 0 Å². The van der Waals surface area contributed by atoms with E-state index in [1.807, 2.05) is 0 Å². The van der Waals surface area contributed by atoms with Gasteiger partial charge in [0.05, 0.1) is 4.92 Å². The van der Waals surface area contributed by atoms with Gasteiger partial charge in [-0.05, 0) is 12.1 Å². The summed E-state index contributed by atoms with van der Waals surface area (Å²) in [5, 5.41) is 11.0. The molecule has 0 bridgehead atoms. The van der Waals surface area contributed by atoms with Crippen LogP contribution < -0.4 is 0 Å². The van der Waals surface area contributed by atoms with Crippen molar-refractivity contribution in [3.8, 4) is 0 Å². The minimum Gasteiger partial charge on any atom is -0.294 e. The Morgan fingerprint density at radius 2 is 2.20 bits per heavy atom. The topological polar surface area (TPSA) is 60.2 Å². The SMILES string of the molecule is O=C(CCBr)c1ccc([N+](=O)[O-])c(Cl)c1. The summed E-state index contributed by atoms with van der Waals surface area (Å²) >= 11 is 8.80. The van der Waals surface area contributed by atoms with E-state index in [1.54, 1.807) is 0 Å². The van der Waals surface area contributed by atoms with E-state index in [1.165, 1.54) is 18.2 Å². The van der Waals surface area contributed by atoms with Crippen molar-refractivity contribution in [3.05, 3.63) is 38.9 Å². The van der Waals surface area contributed by atoms with Gasteiger partial charge in [-0.1, -0.05) is 27.5 Å². The average Bonchev–Trinajstić information content (AvgIpc) is 2.17. The Bertz CT molecular complexity index is 408. The normalized spacial score (nSPS) is 10.0. The molecule has 1 aromatic carbocycles. The van der Waals surface area contributed by atoms with E-state index in [0.29, 0.717) is 17.3 Å². The number of Topliss-reactive ketones (excluding diaryl/α,β-unsaturated/α-hetero) is 1. The Morgan fingerprint density at radius 3 is 2.67 bits per heavy atom. The van der Waals surface area contributed by atoms with Crippen molar-refractivity contribution in [3.63, 3.8) is 0 Å². The molecule has 0 aromatic heterocycles. The molecule has 0 saturated heterocycles. The maximum atomic E-state index is 11.4. The van der Waals surface area contributed by atoms with Crippen molar-refractivity contribution in [1.82, 2.24) is 0 Å². The third-order valence-corrected chi connectivity index (χ3v) is 2.49. The molecule has 0 spiro atoms. The first kappa shape index (κ1) is 12.1. The molecule has 0 aliphatic rings. The van der Waals surface area contributed by atoms with Crippen molar-refractivity contribution in [2.24, 2.45) is 0 Å². The van der Waals surface area contributed by atoms with E-state index in [-0.39, 0.29) is 16.5 Å². The van der Waals surface area contributed by atoms with Crippen LogP contribution in [0.5, 0.6) is 0 Å². The van der Waals surface area contributed by atoms with E-state index < -0.39 is 4.92 Å². The number of hydrogen-bond acceptors (Lipinski definition) is 3. The van der Waals surface area contributed by atoms with Crippen molar-refractivity contribution in [2.75, 3.05) is 5.33 Å².